The summed E-state index contributed by atoms with van der Waals surface area (Å²) in [6, 6.07) is 13.1. The Bertz CT molecular complexity index is 827. The maximum absolute atomic E-state index is 11.5. The van der Waals surface area contributed by atoms with E-state index in [1.807, 2.05) is 30.3 Å². The van der Waals surface area contributed by atoms with Gasteiger partial charge < -0.3 is 9.80 Å². The van der Waals surface area contributed by atoms with Crippen LogP contribution in [0.4, 0.5) is 11.4 Å². The highest BCUT2D eigenvalue weighted by molar-refractivity contribution is 7.90. The first-order chi connectivity index (χ1) is 11.3. The third-order valence-electron chi connectivity index (χ3n) is 4.42. The lowest BCUT2D eigenvalue weighted by molar-refractivity contribution is 0.602. The molecule has 1 heterocycles. The van der Waals surface area contributed by atoms with Crippen LogP contribution in [0.5, 0.6) is 0 Å². The molecule has 1 fully saturated rings. The van der Waals surface area contributed by atoms with E-state index in [1.54, 1.807) is 12.1 Å². The largest absolute Gasteiger partial charge is 0.368 e. The molecule has 1 aliphatic rings. The molecule has 24 heavy (non-hydrogen) atoms. The molecule has 0 unspecified atom stereocenters. The maximum atomic E-state index is 11.5. The Labute approximate surface area is 148 Å². The minimum absolute atomic E-state index is 0.361. The Morgan fingerprint density at radius 1 is 0.917 bits per heavy atom. The maximum Gasteiger partial charge on any atom is 0.175 e. The summed E-state index contributed by atoms with van der Waals surface area (Å²) in [5.74, 6) is 0. The Hall–Kier alpha value is -1.72. The van der Waals surface area contributed by atoms with Crippen molar-refractivity contribution in [2.24, 2.45) is 0 Å². The van der Waals surface area contributed by atoms with Crippen LogP contribution >= 0.6 is 11.6 Å². The van der Waals surface area contributed by atoms with E-state index in [1.165, 1.54) is 17.5 Å². The summed E-state index contributed by atoms with van der Waals surface area (Å²) in [6.45, 7) is 5.71. The van der Waals surface area contributed by atoms with Crippen LogP contribution in [0.25, 0.3) is 0 Å². The van der Waals surface area contributed by atoms with Gasteiger partial charge in [-0.15, -0.1) is 0 Å². The first-order valence-electron chi connectivity index (χ1n) is 7.91. The lowest BCUT2D eigenvalue weighted by atomic mass is 10.1. The molecule has 4 nitrogen and oxygen atoms in total. The van der Waals surface area contributed by atoms with E-state index in [9.17, 15) is 8.42 Å². The second kappa shape index (κ2) is 6.65. The van der Waals surface area contributed by atoms with E-state index >= 15 is 0 Å². The van der Waals surface area contributed by atoms with E-state index in [4.69, 9.17) is 11.6 Å². The van der Waals surface area contributed by atoms with Gasteiger partial charge in [-0.1, -0.05) is 17.7 Å². The predicted molar refractivity (Wildman–Crippen MR) is 100 cm³/mol. The van der Waals surface area contributed by atoms with Gasteiger partial charge in [0.15, 0.2) is 9.84 Å². The van der Waals surface area contributed by atoms with E-state index in [0.29, 0.717) is 4.90 Å². The zero-order valence-corrected chi connectivity index (χ0v) is 15.4. The van der Waals surface area contributed by atoms with Gasteiger partial charge in [0.2, 0.25) is 0 Å². The standard InChI is InChI=1S/C18H21ClN2O2S/c1-14-3-4-15(19)13-18(14)21-11-9-20(10-12-21)16-5-7-17(8-6-16)24(2,22)23/h3-8,13H,9-12H2,1-2H3. The number of hydrogen-bond donors (Lipinski definition) is 0. The third-order valence-corrected chi connectivity index (χ3v) is 5.79. The highest BCUT2D eigenvalue weighted by atomic mass is 35.5. The molecule has 2 aromatic carbocycles. The number of nitrogens with zero attached hydrogens (tertiary/aromatic N) is 2. The van der Waals surface area contributed by atoms with E-state index < -0.39 is 9.84 Å². The fourth-order valence-electron chi connectivity index (χ4n) is 3.03. The van der Waals surface area contributed by atoms with Crippen molar-refractivity contribution >= 4 is 32.8 Å². The number of aryl methyl sites for hydroxylation is 1. The van der Waals surface area contributed by atoms with Gasteiger partial charge in [0, 0.05) is 48.8 Å². The van der Waals surface area contributed by atoms with Gasteiger partial charge in [-0.2, -0.15) is 0 Å². The van der Waals surface area contributed by atoms with Crippen molar-refractivity contribution in [1.29, 1.82) is 0 Å². The molecule has 6 heteroatoms. The fourth-order valence-corrected chi connectivity index (χ4v) is 3.83. The number of anilines is 2. The molecule has 0 aliphatic carbocycles. The van der Waals surface area contributed by atoms with Gasteiger partial charge in [0.05, 0.1) is 4.90 Å². The summed E-state index contributed by atoms with van der Waals surface area (Å²) >= 11 is 6.13. The van der Waals surface area contributed by atoms with Gasteiger partial charge >= 0.3 is 0 Å². The zero-order chi connectivity index (χ0) is 17.3. The summed E-state index contributed by atoms with van der Waals surface area (Å²) in [5.41, 5.74) is 3.48. The van der Waals surface area contributed by atoms with Crippen LogP contribution in [0, 0.1) is 6.92 Å². The van der Waals surface area contributed by atoms with Crippen molar-refractivity contribution in [2.45, 2.75) is 11.8 Å². The summed E-state index contributed by atoms with van der Waals surface area (Å²) in [4.78, 5) is 4.99. The third kappa shape index (κ3) is 3.68. The molecule has 0 atom stereocenters. The summed E-state index contributed by atoms with van der Waals surface area (Å²) in [7, 11) is -3.14. The zero-order valence-electron chi connectivity index (χ0n) is 13.9. The van der Waals surface area contributed by atoms with Crippen LogP contribution in [0.3, 0.4) is 0 Å². The van der Waals surface area contributed by atoms with Crippen molar-refractivity contribution in [3.05, 3.63) is 53.1 Å². The summed E-state index contributed by atoms with van der Waals surface area (Å²) in [5, 5.41) is 0.759. The molecule has 128 valence electrons. The van der Waals surface area contributed by atoms with Crippen LogP contribution in [-0.4, -0.2) is 40.9 Å². The van der Waals surface area contributed by atoms with Crippen LogP contribution < -0.4 is 9.80 Å². The minimum atomic E-state index is -3.14. The first kappa shape index (κ1) is 17.1. The van der Waals surface area contributed by atoms with Crippen molar-refractivity contribution < 1.29 is 8.42 Å². The molecule has 0 N–H and O–H groups in total. The Balaban J connectivity index is 1.70. The number of halogens is 1. The van der Waals surface area contributed by atoms with Crippen LogP contribution in [-0.2, 0) is 9.84 Å². The average molecular weight is 365 g/mol. The number of benzene rings is 2. The van der Waals surface area contributed by atoms with Gasteiger partial charge in [-0.3, -0.25) is 0 Å². The van der Waals surface area contributed by atoms with Crippen molar-refractivity contribution in [2.75, 3.05) is 42.2 Å². The molecule has 2 aromatic rings. The Morgan fingerprint density at radius 2 is 1.50 bits per heavy atom. The Kier molecular flexibility index (Phi) is 4.74. The van der Waals surface area contributed by atoms with Crippen LogP contribution in [0.1, 0.15) is 5.56 Å². The van der Waals surface area contributed by atoms with E-state index in [-0.39, 0.29) is 0 Å². The lowest BCUT2D eigenvalue weighted by Crippen LogP contribution is -2.46. The molecule has 0 radical (unpaired) electrons. The topological polar surface area (TPSA) is 40.6 Å². The quantitative estimate of drug-likeness (QED) is 0.837. The van der Waals surface area contributed by atoms with Gasteiger partial charge in [0.1, 0.15) is 0 Å². The first-order valence-corrected chi connectivity index (χ1v) is 10.2. The predicted octanol–water partition coefficient (Wildman–Crippen LogP) is 3.38. The molecule has 0 saturated carbocycles. The molecule has 0 aromatic heterocycles. The van der Waals surface area contributed by atoms with Gasteiger partial charge in [-0.05, 0) is 48.9 Å². The SMILES string of the molecule is Cc1ccc(Cl)cc1N1CCN(c2ccc(S(C)(=O)=O)cc2)CC1. The van der Waals surface area contributed by atoms with Crippen LogP contribution in [0.15, 0.2) is 47.4 Å². The highest BCUT2D eigenvalue weighted by Crippen LogP contribution is 2.27. The monoisotopic (exact) mass is 364 g/mol. The van der Waals surface area contributed by atoms with Crippen molar-refractivity contribution in [3.63, 3.8) is 0 Å². The number of hydrogen-bond acceptors (Lipinski definition) is 4. The van der Waals surface area contributed by atoms with E-state index in [0.717, 1.165) is 36.9 Å². The smallest absolute Gasteiger partial charge is 0.175 e. The molecule has 0 bridgehead atoms. The van der Waals surface area contributed by atoms with Gasteiger partial charge in [0.25, 0.3) is 0 Å². The average Bonchev–Trinajstić information content (AvgIpc) is 2.57. The second-order valence-corrected chi connectivity index (χ2v) is 8.62. The van der Waals surface area contributed by atoms with E-state index in [2.05, 4.69) is 16.7 Å². The number of piperazine rings is 1. The van der Waals surface area contributed by atoms with Gasteiger partial charge in [-0.25, -0.2) is 8.42 Å². The molecule has 3 rings (SSSR count). The summed E-state index contributed by atoms with van der Waals surface area (Å²) < 4.78 is 23.1. The molecule has 0 spiro atoms. The molecular weight excluding hydrogens is 344 g/mol. The van der Waals surface area contributed by atoms with Crippen LogP contribution in [0.2, 0.25) is 5.02 Å². The molecule has 0 amide bonds. The number of rotatable bonds is 3. The molecule has 1 saturated heterocycles. The molecule has 1 aliphatic heterocycles. The highest BCUT2D eigenvalue weighted by Gasteiger charge is 2.19. The minimum Gasteiger partial charge on any atom is -0.368 e. The lowest BCUT2D eigenvalue weighted by Gasteiger charge is -2.38. The number of sulfone groups is 1. The second-order valence-electron chi connectivity index (χ2n) is 6.17. The molecular formula is C18H21ClN2O2S. The fraction of sp³-hybridized carbons (Fsp3) is 0.333. The van der Waals surface area contributed by atoms with Crippen molar-refractivity contribution in [1.82, 2.24) is 0 Å². The summed E-state index contributed by atoms with van der Waals surface area (Å²) in [6.07, 6.45) is 1.23. The Morgan fingerprint density at radius 3 is 2.08 bits per heavy atom. The van der Waals surface area contributed by atoms with Crippen molar-refractivity contribution in [3.8, 4) is 0 Å². The normalized spacial score (nSPS) is 15.6.